The van der Waals surface area contributed by atoms with E-state index in [4.69, 9.17) is 9.84 Å². The molecule has 0 aliphatic carbocycles. The second-order valence-electron chi connectivity index (χ2n) is 4.17. The lowest BCUT2D eigenvalue weighted by molar-refractivity contribution is 0.297. The Kier molecular flexibility index (Phi) is 4.31. The van der Waals surface area contributed by atoms with Gasteiger partial charge in [0.05, 0.1) is 5.69 Å². The lowest BCUT2D eigenvalue weighted by Crippen LogP contribution is -2.00. The van der Waals surface area contributed by atoms with Crippen LogP contribution in [0.2, 0.25) is 0 Å². The van der Waals surface area contributed by atoms with Gasteiger partial charge in [0, 0.05) is 12.8 Å². The molecule has 0 unspecified atom stereocenters. The van der Waals surface area contributed by atoms with Gasteiger partial charge in [0.25, 0.3) is 0 Å². The predicted molar refractivity (Wildman–Crippen MR) is 70.5 cm³/mol. The Morgan fingerprint density at radius 2 is 1.94 bits per heavy atom. The molecule has 0 bridgehead atoms. The fraction of sp³-hybridized carbons (Fsp3) is 0.267. The fourth-order valence-corrected chi connectivity index (χ4v) is 1.70. The number of aliphatic hydroxyl groups is 1. The third kappa shape index (κ3) is 3.31. The van der Waals surface area contributed by atoms with Crippen molar-refractivity contribution in [2.75, 3.05) is 6.61 Å². The number of aliphatic hydroxyl groups excluding tert-OH is 1. The number of aryl methyl sites for hydroxylation is 1. The van der Waals surface area contributed by atoms with Gasteiger partial charge in [0.2, 0.25) is 0 Å². The van der Waals surface area contributed by atoms with Crippen LogP contribution in [0.1, 0.15) is 16.8 Å². The van der Waals surface area contributed by atoms with Crippen LogP contribution in [-0.4, -0.2) is 16.7 Å². The molecule has 0 saturated carbocycles. The Hall–Kier alpha value is -1.87. The van der Waals surface area contributed by atoms with Crippen molar-refractivity contribution in [2.24, 2.45) is 0 Å². The van der Waals surface area contributed by atoms with Gasteiger partial charge in [-0.05, 0) is 42.7 Å². The van der Waals surface area contributed by atoms with Crippen LogP contribution in [0.5, 0.6) is 5.75 Å². The zero-order valence-corrected chi connectivity index (χ0v) is 10.5. The first-order chi connectivity index (χ1) is 8.79. The Balaban J connectivity index is 1.96. The summed E-state index contributed by atoms with van der Waals surface area (Å²) >= 11 is 0. The van der Waals surface area contributed by atoms with E-state index < -0.39 is 0 Å². The number of nitrogens with zero attached hydrogens (tertiary/aromatic N) is 1. The van der Waals surface area contributed by atoms with E-state index in [2.05, 4.69) is 4.98 Å². The van der Waals surface area contributed by atoms with Crippen molar-refractivity contribution in [3.8, 4) is 5.75 Å². The van der Waals surface area contributed by atoms with E-state index in [1.807, 2.05) is 43.3 Å². The molecule has 2 rings (SSSR count). The third-order valence-electron chi connectivity index (χ3n) is 2.82. The lowest BCUT2D eigenvalue weighted by Gasteiger charge is -2.08. The highest BCUT2D eigenvalue weighted by Crippen LogP contribution is 2.15. The molecule has 0 fully saturated rings. The molecule has 18 heavy (non-hydrogen) atoms. The van der Waals surface area contributed by atoms with Crippen LogP contribution in [0.25, 0.3) is 0 Å². The highest BCUT2D eigenvalue weighted by Gasteiger charge is 2.00. The molecule has 0 saturated heterocycles. The molecule has 1 heterocycles. The fourth-order valence-electron chi connectivity index (χ4n) is 1.70. The predicted octanol–water partition coefficient (Wildman–Crippen LogP) is 2.50. The molecule has 1 aromatic heterocycles. The lowest BCUT2D eigenvalue weighted by atomic mass is 10.1. The highest BCUT2D eigenvalue weighted by atomic mass is 16.5. The molecular weight excluding hydrogens is 226 g/mol. The molecule has 2 aromatic rings. The smallest absolute Gasteiger partial charge is 0.130 e. The van der Waals surface area contributed by atoms with Gasteiger partial charge in [-0.1, -0.05) is 18.2 Å². The van der Waals surface area contributed by atoms with E-state index >= 15 is 0 Å². The molecule has 0 amide bonds. The number of pyridine rings is 1. The second kappa shape index (κ2) is 6.17. The maximum absolute atomic E-state index is 8.83. The SMILES string of the molecule is Cc1cccnc1COc1ccc(CCO)cc1. The molecule has 0 atom stereocenters. The van der Waals surface area contributed by atoms with E-state index in [-0.39, 0.29) is 6.61 Å². The average molecular weight is 243 g/mol. The maximum atomic E-state index is 8.83. The molecule has 1 aromatic carbocycles. The summed E-state index contributed by atoms with van der Waals surface area (Å²) in [7, 11) is 0. The van der Waals surface area contributed by atoms with Crippen LogP contribution in [0.4, 0.5) is 0 Å². The number of rotatable bonds is 5. The van der Waals surface area contributed by atoms with Crippen molar-refractivity contribution in [3.05, 3.63) is 59.4 Å². The third-order valence-corrected chi connectivity index (χ3v) is 2.82. The van der Waals surface area contributed by atoms with Crippen molar-refractivity contribution < 1.29 is 9.84 Å². The van der Waals surface area contributed by atoms with E-state index in [1.54, 1.807) is 6.20 Å². The number of hydrogen-bond acceptors (Lipinski definition) is 3. The van der Waals surface area contributed by atoms with Crippen LogP contribution < -0.4 is 4.74 Å². The van der Waals surface area contributed by atoms with E-state index in [1.165, 1.54) is 0 Å². The van der Waals surface area contributed by atoms with Crippen molar-refractivity contribution in [2.45, 2.75) is 20.0 Å². The second-order valence-corrected chi connectivity index (χ2v) is 4.17. The van der Waals surface area contributed by atoms with Crippen molar-refractivity contribution in [1.82, 2.24) is 4.98 Å². The summed E-state index contributed by atoms with van der Waals surface area (Å²) in [6, 6.07) is 11.7. The number of ether oxygens (including phenoxy) is 1. The molecule has 3 heteroatoms. The van der Waals surface area contributed by atoms with Crippen LogP contribution in [0.3, 0.4) is 0 Å². The summed E-state index contributed by atoms with van der Waals surface area (Å²) in [4.78, 5) is 4.28. The van der Waals surface area contributed by atoms with Gasteiger partial charge in [0.1, 0.15) is 12.4 Å². The standard InChI is InChI=1S/C15H17NO2/c1-12-3-2-9-16-15(12)11-18-14-6-4-13(5-7-14)8-10-17/h2-7,9,17H,8,10-11H2,1H3. The Morgan fingerprint density at radius 3 is 2.61 bits per heavy atom. The monoisotopic (exact) mass is 243 g/mol. The Morgan fingerprint density at radius 1 is 1.17 bits per heavy atom. The molecule has 0 aliphatic rings. The quantitative estimate of drug-likeness (QED) is 0.877. The average Bonchev–Trinajstić information content (AvgIpc) is 2.40. The first-order valence-electron chi connectivity index (χ1n) is 6.02. The zero-order chi connectivity index (χ0) is 12.8. The summed E-state index contributed by atoms with van der Waals surface area (Å²) in [6.45, 7) is 2.68. The summed E-state index contributed by atoms with van der Waals surface area (Å²) in [5, 5.41) is 8.83. The number of hydrogen-bond donors (Lipinski definition) is 1. The van der Waals surface area contributed by atoms with Crippen molar-refractivity contribution >= 4 is 0 Å². The van der Waals surface area contributed by atoms with E-state index in [0.717, 1.165) is 22.6 Å². The summed E-state index contributed by atoms with van der Waals surface area (Å²) in [6.07, 6.45) is 2.45. The molecule has 0 spiro atoms. The molecule has 0 radical (unpaired) electrons. The van der Waals surface area contributed by atoms with Crippen LogP contribution in [0, 0.1) is 6.92 Å². The zero-order valence-electron chi connectivity index (χ0n) is 10.5. The minimum Gasteiger partial charge on any atom is -0.487 e. The highest BCUT2D eigenvalue weighted by molar-refractivity contribution is 5.28. The minimum absolute atomic E-state index is 0.174. The number of aromatic nitrogens is 1. The summed E-state index contributed by atoms with van der Waals surface area (Å²) in [5.41, 5.74) is 3.20. The molecule has 94 valence electrons. The Labute approximate surface area is 107 Å². The van der Waals surface area contributed by atoms with Crippen LogP contribution >= 0.6 is 0 Å². The Bertz CT molecular complexity index is 494. The van der Waals surface area contributed by atoms with E-state index in [9.17, 15) is 0 Å². The van der Waals surface area contributed by atoms with Crippen LogP contribution in [0.15, 0.2) is 42.6 Å². The van der Waals surface area contributed by atoms with Crippen LogP contribution in [-0.2, 0) is 13.0 Å². The first kappa shape index (κ1) is 12.6. The molecule has 1 N–H and O–H groups in total. The van der Waals surface area contributed by atoms with Gasteiger partial charge < -0.3 is 9.84 Å². The van der Waals surface area contributed by atoms with Crippen molar-refractivity contribution in [3.63, 3.8) is 0 Å². The summed E-state index contributed by atoms with van der Waals surface area (Å²) < 4.78 is 5.68. The van der Waals surface area contributed by atoms with Gasteiger partial charge >= 0.3 is 0 Å². The largest absolute Gasteiger partial charge is 0.487 e. The first-order valence-corrected chi connectivity index (χ1v) is 6.02. The molecule has 0 aliphatic heterocycles. The van der Waals surface area contributed by atoms with Gasteiger partial charge in [-0.3, -0.25) is 4.98 Å². The van der Waals surface area contributed by atoms with Gasteiger partial charge in [0.15, 0.2) is 0 Å². The van der Waals surface area contributed by atoms with Gasteiger partial charge in [-0.15, -0.1) is 0 Å². The number of benzene rings is 1. The molecule has 3 nitrogen and oxygen atoms in total. The van der Waals surface area contributed by atoms with Gasteiger partial charge in [-0.25, -0.2) is 0 Å². The topological polar surface area (TPSA) is 42.4 Å². The summed E-state index contributed by atoms with van der Waals surface area (Å²) in [5.74, 6) is 0.821. The van der Waals surface area contributed by atoms with Crippen molar-refractivity contribution in [1.29, 1.82) is 0 Å². The minimum atomic E-state index is 0.174. The maximum Gasteiger partial charge on any atom is 0.130 e. The van der Waals surface area contributed by atoms with E-state index in [0.29, 0.717) is 13.0 Å². The molecular formula is C15H17NO2. The van der Waals surface area contributed by atoms with Gasteiger partial charge in [-0.2, -0.15) is 0 Å². The normalized spacial score (nSPS) is 10.3.